The van der Waals surface area contributed by atoms with Crippen LogP contribution in [0, 0.1) is 0 Å². The maximum atomic E-state index is 12.9. The standard InChI is InChI=1S/C31H35NO4S2/c1-2-3-20-38(34,35)27-14-15-28-29(22-27)37-31(23-10-12-25(33)13-11-23)30(28)24-8-7-9-26(21-24)36-19-18-32-16-5-4-6-17-32/h7-15,21-22,33H,2-6,16-20H2,1H3. The van der Waals surface area contributed by atoms with Gasteiger partial charge in [-0.1, -0.05) is 38.0 Å². The Bertz CT molecular complexity index is 1490. The summed E-state index contributed by atoms with van der Waals surface area (Å²) in [7, 11) is -3.33. The first kappa shape index (κ1) is 26.7. The predicted octanol–water partition coefficient (Wildman–Crippen LogP) is 7.38. The molecule has 7 heteroatoms. The monoisotopic (exact) mass is 549 g/mol. The first-order chi connectivity index (χ1) is 18.4. The van der Waals surface area contributed by atoms with Crippen LogP contribution in [0.3, 0.4) is 0 Å². The Morgan fingerprint density at radius 1 is 0.947 bits per heavy atom. The number of piperidine rings is 1. The molecule has 5 rings (SSSR count). The molecule has 38 heavy (non-hydrogen) atoms. The second-order valence-electron chi connectivity index (χ2n) is 9.96. The van der Waals surface area contributed by atoms with Gasteiger partial charge in [-0.05, 0) is 92.0 Å². The van der Waals surface area contributed by atoms with Crippen molar-refractivity contribution in [2.45, 2.75) is 43.9 Å². The molecule has 0 saturated carbocycles. The number of benzene rings is 3. The van der Waals surface area contributed by atoms with Gasteiger partial charge in [0.05, 0.1) is 10.6 Å². The van der Waals surface area contributed by atoms with Gasteiger partial charge in [0, 0.05) is 27.1 Å². The predicted molar refractivity (Wildman–Crippen MR) is 157 cm³/mol. The van der Waals surface area contributed by atoms with Gasteiger partial charge in [0.25, 0.3) is 0 Å². The summed E-state index contributed by atoms with van der Waals surface area (Å²) in [5.74, 6) is 1.20. The highest BCUT2D eigenvalue weighted by Gasteiger charge is 2.20. The Morgan fingerprint density at radius 3 is 2.50 bits per heavy atom. The third kappa shape index (κ3) is 6.06. The molecule has 4 aromatic rings. The first-order valence-electron chi connectivity index (χ1n) is 13.5. The lowest BCUT2D eigenvalue weighted by Gasteiger charge is -2.26. The molecule has 0 amide bonds. The van der Waals surface area contributed by atoms with Crippen molar-refractivity contribution in [2.24, 2.45) is 0 Å². The molecule has 1 saturated heterocycles. The lowest BCUT2D eigenvalue weighted by Crippen LogP contribution is -2.33. The molecule has 200 valence electrons. The number of thiophene rings is 1. The third-order valence-corrected chi connectivity index (χ3v) is 10.2. The number of phenols is 1. The van der Waals surface area contributed by atoms with Crippen LogP contribution in [0.25, 0.3) is 31.7 Å². The van der Waals surface area contributed by atoms with Crippen molar-refractivity contribution in [3.63, 3.8) is 0 Å². The van der Waals surface area contributed by atoms with Gasteiger partial charge < -0.3 is 9.84 Å². The van der Waals surface area contributed by atoms with Crippen molar-refractivity contribution < 1.29 is 18.3 Å². The lowest BCUT2D eigenvalue weighted by atomic mass is 9.98. The number of nitrogens with zero attached hydrogens (tertiary/aromatic N) is 1. The third-order valence-electron chi connectivity index (χ3n) is 7.16. The van der Waals surface area contributed by atoms with Crippen LogP contribution in [0.15, 0.2) is 71.6 Å². The van der Waals surface area contributed by atoms with Gasteiger partial charge in [0.2, 0.25) is 0 Å². The van der Waals surface area contributed by atoms with E-state index < -0.39 is 9.84 Å². The van der Waals surface area contributed by atoms with E-state index in [1.54, 1.807) is 29.5 Å². The average Bonchev–Trinajstić information content (AvgIpc) is 3.32. The highest BCUT2D eigenvalue weighted by molar-refractivity contribution is 7.91. The molecule has 0 unspecified atom stereocenters. The van der Waals surface area contributed by atoms with Crippen LogP contribution in [-0.4, -0.2) is 50.4 Å². The molecule has 0 radical (unpaired) electrons. The van der Waals surface area contributed by atoms with Crippen LogP contribution >= 0.6 is 11.3 Å². The van der Waals surface area contributed by atoms with E-state index in [1.165, 1.54) is 19.3 Å². The molecule has 1 N–H and O–H groups in total. The molecule has 0 bridgehead atoms. The van der Waals surface area contributed by atoms with E-state index >= 15 is 0 Å². The van der Waals surface area contributed by atoms with Crippen molar-refractivity contribution >= 4 is 31.3 Å². The summed E-state index contributed by atoms with van der Waals surface area (Å²) in [6.45, 7) is 5.88. The number of ether oxygens (including phenoxy) is 1. The fourth-order valence-electron chi connectivity index (χ4n) is 5.04. The van der Waals surface area contributed by atoms with Gasteiger partial charge in [-0.2, -0.15) is 0 Å². The molecule has 3 aromatic carbocycles. The fraction of sp³-hybridized carbons (Fsp3) is 0.355. The minimum Gasteiger partial charge on any atom is -0.508 e. The summed E-state index contributed by atoms with van der Waals surface area (Å²) in [5, 5.41) is 10.9. The molecule has 1 aliphatic heterocycles. The van der Waals surface area contributed by atoms with E-state index in [0.717, 1.165) is 63.5 Å². The van der Waals surface area contributed by atoms with Gasteiger partial charge in [0.15, 0.2) is 9.84 Å². The van der Waals surface area contributed by atoms with Crippen LogP contribution < -0.4 is 4.74 Å². The van der Waals surface area contributed by atoms with Crippen molar-refractivity contribution in [2.75, 3.05) is 32.0 Å². The topological polar surface area (TPSA) is 66.8 Å². The number of likely N-dealkylation sites (tertiary alicyclic amines) is 1. The zero-order chi connectivity index (χ0) is 26.5. The van der Waals surface area contributed by atoms with E-state index in [0.29, 0.717) is 17.9 Å². The van der Waals surface area contributed by atoms with Gasteiger partial charge in [0.1, 0.15) is 18.1 Å². The smallest absolute Gasteiger partial charge is 0.178 e. The second-order valence-corrected chi connectivity index (χ2v) is 13.1. The molecular weight excluding hydrogens is 514 g/mol. The number of fused-ring (bicyclic) bond motifs is 1. The molecule has 2 heterocycles. The highest BCUT2D eigenvalue weighted by Crippen LogP contribution is 2.46. The number of hydrogen-bond acceptors (Lipinski definition) is 6. The molecule has 0 spiro atoms. The minimum absolute atomic E-state index is 0.162. The zero-order valence-corrected chi connectivity index (χ0v) is 23.5. The van der Waals surface area contributed by atoms with Crippen molar-refractivity contribution in [1.82, 2.24) is 4.90 Å². The largest absolute Gasteiger partial charge is 0.508 e. The van der Waals surface area contributed by atoms with Crippen LogP contribution in [0.5, 0.6) is 11.5 Å². The lowest BCUT2D eigenvalue weighted by molar-refractivity contribution is 0.183. The van der Waals surface area contributed by atoms with Crippen LogP contribution in [0.1, 0.15) is 39.0 Å². The van der Waals surface area contributed by atoms with Crippen LogP contribution in [0.4, 0.5) is 0 Å². The summed E-state index contributed by atoms with van der Waals surface area (Å²) in [6, 6.07) is 20.8. The van der Waals surface area contributed by atoms with Gasteiger partial charge in [-0.25, -0.2) is 8.42 Å². The molecule has 1 aromatic heterocycles. The number of sulfone groups is 1. The summed E-state index contributed by atoms with van der Waals surface area (Å²) in [6.07, 6.45) is 5.35. The first-order valence-corrected chi connectivity index (χ1v) is 16.0. The molecule has 5 nitrogen and oxygen atoms in total. The van der Waals surface area contributed by atoms with Gasteiger partial charge >= 0.3 is 0 Å². The highest BCUT2D eigenvalue weighted by atomic mass is 32.2. The number of aromatic hydroxyl groups is 1. The van der Waals surface area contributed by atoms with E-state index in [-0.39, 0.29) is 11.5 Å². The normalized spacial score (nSPS) is 14.7. The van der Waals surface area contributed by atoms with Gasteiger partial charge in [-0.15, -0.1) is 11.3 Å². The average molecular weight is 550 g/mol. The zero-order valence-electron chi connectivity index (χ0n) is 21.9. The summed E-state index contributed by atoms with van der Waals surface area (Å²) < 4.78 is 32.9. The second kappa shape index (κ2) is 11.9. The number of phenolic OH excluding ortho intramolecular Hbond substituents is 1. The Morgan fingerprint density at radius 2 is 1.74 bits per heavy atom. The van der Waals surface area contributed by atoms with E-state index in [1.807, 2.05) is 43.3 Å². The van der Waals surface area contributed by atoms with Crippen LogP contribution in [0.2, 0.25) is 0 Å². The maximum absolute atomic E-state index is 12.9. The van der Waals surface area contributed by atoms with Crippen LogP contribution in [-0.2, 0) is 9.84 Å². The quantitative estimate of drug-likeness (QED) is 0.224. The molecule has 0 aliphatic carbocycles. The minimum atomic E-state index is -3.33. The molecular formula is C31H35NO4S2. The molecule has 0 atom stereocenters. The van der Waals surface area contributed by atoms with Crippen molar-refractivity contribution in [3.8, 4) is 33.1 Å². The van der Waals surface area contributed by atoms with Crippen molar-refractivity contribution in [3.05, 3.63) is 66.7 Å². The van der Waals surface area contributed by atoms with Gasteiger partial charge in [-0.3, -0.25) is 4.90 Å². The van der Waals surface area contributed by atoms with Crippen molar-refractivity contribution in [1.29, 1.82) is 0 Å². The SMILES string of the molecule is CCCCS(=O)(=O)c1ccc2c(-c3cccc(OCCN4CCCCC4)c3)c(-c3ccc(O)cc3)sc2c1. The van der Waals surface area contributed by atoms with E-state index in [4.69, 9.17) is 4.74 Å². The summed E-state index contributed by atoms with van der Waals surface area (Å²) in [5.41, 5.74) is 3.05. The number of hydrogen-bond donors (Lipinski definition) is 1. The Balaban J connectivity index is 1.51. The Labute approximate surface area is 229 Å². The summed E-state index contributed by atoms with van der Waals surface area (Å²) in [4.78, 5) is 3.88. The Kier molecular flexibility index (Phi) is 8.36. The molecule has 1 fully saturated rings. The van der Waals surface area contributed by atoms with E-state index in [2.05, 4.69) is 17.0 Å². The molecule has 1 aliphatic rings. The Hall–Kier alpha value is -2.87. The number of unbranched alkanes of at least 4 members (excludes halogenated alkanes) is 1. The van der Waals surface area contributed by atoms with E-state index in [9.17, 15) is 13.5 Å². The number of rotatable bonds is 10. The maximum Gasteiger partial charge on any atom is 0.178 e. The fourth-order valence-corrected chi connectivity index (χ4v) is 7.86. The summed E-state index contributed by atoms with van der Waals surface area (Å²) >= 11 is 1.58.